The van der Waals surface area contributed by atoms with Gasteiger partial charge in [0.25, 0.3) is 0 Å². The molecule has 27 heavy (non-hydrogen) atoms. The lowest BCUT2D eigenvalue weighted by Crippen LogP contribution is -1.94. The van der Waals surface area contributed by atoms with Gasteiger partial charge in [0.15, 0.2) is 0 Å². The highest BCUT2D eigenvalue weighted by atomic mass is 35.5. The Bertz CT molecular complexity index is 1690. The van der Waals surface area contributed by atoms with Gasteiger partial charge in [-0.2, -0.15) is 0 Å². The summed E-state index contributed by atoms with van der Waals surface area (Å²) in [5.74, 6) is 0. The molecule has 0 saturated carbocycles. The summed E-state index contributed by atoms with van der Waals surface area (Å²) in [4.78, 5) is 4.75. The largest absolute Gasteiger partial charge is 0.306 e. The van der Waals surface area contributed by atoms with Crippen molar-refractivity contribution in [3.63, 3.8) is 0 Å². The van der Waals surface area contributed by atoms with Gasteiger partial charge in [0.1, 0.15) is 0 Å². The Labute approximate surface area is 162 Å². The van der Waals surface area contributed by atoms with Crippen LogP contribution in [-0.4, -0.2) is 9.38 Å². The lowest BCUT2D eigenvalue weighted by atomic mass is 10.0. The number of aromatic nitrogens is 2. The third kappa shape index (κ3) is 1.61. The van der Waals surface area contributed by atoms with E-state index in [9.17, 15) is 0 Å². The smallest absolute Gasteiger partial charge is 0.0822 e. The highest BCUT2D eigenvalue weighted by Crippen LogP contribution is 2.45. The van der Waals surface area contributed by atoms with E-state index in [0.29, 0.717) is 0 Å². The van der Waals surface area contributed by atoms with Gasteiger partial charge in [0, 0.05) is 37.5 Å². The molecular formula is C23H11ClN2S. The van der Waals surface area contributed by atoms with Crippen LogP contribution in [-0.2, 0) is 0 Å². The molecule has 0 atom stereocenters. The molecule has 4 heterocycles. The summed E-state index contributed by atoms with van der Waals surface area (Å²) in [5.41, 5.74) is 4.69. The maximum atomic E-state index is 6.52. The van der Waals surface area contributed by atoms with E-state index in [-0.39, 0.29) is 0 Å². The van der Waals surface area contributed by atoms with Crippen LogP contribution in [0, 0.1) is 0 Å². The minimum atomic E-state index is 0.753. The Morgan fingerprint density at radius 1 is 0.852 bits per heavy atom. The molecule has 0 aliphatic carbocycles. The molecule has 0 spiro atoms. The van der Waals surface area contributed by atoms with Crippen LogP contribution in [0.4, 0.5) is 0 Å². The molecule has 0 fully saturated rings. The molecule has 7 rings (SSSR count). The molecule has 0 N–H and O–H groups in total. The highest BCUT2D eigenvalue weighted by molar-refractivity contribution is 7.26. The zero-order valence-electron chi connectivity index (χ0n) is 14.0. The normalized spacial score (nSPS) is 12.6. The minimum Gasteiger partial charge on any atom is -0.306 e. The van der Waals surface area contributed by atoms with E-state index in [0.717, 1.165) is 21.4 Å². The van der Waals surface area contributed by atoms with Crippen molar-refractivity contribution < 1.29 is 0 Å². The summed E-state index contributed by atoms with van der Waals surface area (Å²) in [5, 5.41) is 6.83. The summed E-state index contributed by atoms with van der Waals surface area (Å²) >= 11 is 8.38. The van der Waals surface area contributed by atoms with E-state index in [1.165, 1.54) is 42.0 Å². The van der Waals surface area contributed by atoms with Crippen molar-refractivity contribution in [2.24, 2.45) is 0 Å². The van der Waals surface area contributed by atoms with Crippen molar-refractivity contribution in [1.82, 2.24) is 9.38 Å². The lowest BCUT2D eigenvalue weighted by Gasteiger charge is -2.12. The molecule has 4 heteroatoms. The van der Waals surface area contributed by atoms with Crippen LogP contribution in [0.3, 0.4) is 0 Å². The number of halogens is 1. The summed E-state index contributed by atoms with van der Waals surface area (Å²) in [7, 11) is 0. The monoisotopic (exact) mass is 382 g/mol. The third-order valence-corrected chi connectivity index (χ3v) is 7.01. The second kappa shape index (κ2) is 4.69. The van der Waals surface area contributed by atoms with Crippen LogP contribution in [0.15, 0.2) is 66.9 Å². The molecule has 126 valence electrons. The molecular weight excluding hydrogens is 372 g/mol. The molecule has 7 aromatic rings. The van der Waals surface area contributed by atoms with Gasteiger partial charge in [0.2, 0.25) is 0 Å². The van der Waals surface area contributed by atoms with E-state index < -0.39 is 0 Å². The first kappa shape index (κ1) is 14.2. The number of hydrogen-bond acceptors (Lipinski definition) is 2. The number of thiophene rings is 1. The number of nitrogens with zero attached hydrogens (tertiary/aromatic N) is 2. The highest BCUT2D eigenvalue weighted by Gasteiger charge is 2.21. The number of para-hydroxylation sites is 1. The minimum absolute atomic E-state index is 0.753. The summed E-state index contributed by atoms with van der Waals surface area (Å²) in [6.45, 7) is 0. The predicted molar refractivity (Wildman–Crippen MR) is 117 cm³/mol. The van der Waals surface area contributed by atoms with Crippen molar-refractivity contribution in [2.75, 3.05) is 0 Å². The molecule has 0 amide bonds. The van der Waals surface area contributed by atoms with E-state index >= 15 is 0 Å². The van der Waals surface area contributed by atoms with Crippen molar-refractivity contribution in [1.29, 1.82) is 0 Å². The lowest BCUT2D eigenvalue weighted by molar-refractivity contribution is 1.35. The van der Waals surface area contributed by atoms with Crippen LogP contribution in [0.25, 0.3) is 58.4 Å². The zero-order valence-corrected chi connectivity index (χ0v) is 15.6. The fourth-order valence-corrected chi connectivity index (χ4v) is 6.02. The number of rotatable bonds is 0. The van der Waals surface area contributed by atoms with Crippen LogP contribution >= 0.6 is 22.9 Å². The second-order valence-corrected chi connectivity index (χ2v) is 8.48. The number of benzene rings is 3. The maximum absolute atomic E-state index is 6.52. The Morgan fingerprint density at radius 3 is 2.67 bits per heavy atom. The van der Waals surface area contributed by atoms with Crippen LogP contribution in [0.5, 0.6) is 0 Å². The third-order valence-electron chi connectivity index (χ3n) is 5.60. The Hall–Kier alpha value is -2.88. The fraction of sp³-hybridized carbons (Fsp3) is 0. The molecule has 0 radical (unpaired) electrons. The first-order chi connectivity index (χ1) is 13.3. The van der Waals surface area contributed by atoms with Crippen LogP contribution < -0.4 is 0 Å². The van der Waals surface area contributed by atoms with Crippen LogP contribution in [0.1, 0.15) is 0 Å². The van der Waals surface area contributed by atoms with Crippen molar-refractivity contribution in [2.45, 2.75) is 0 Å². The van der Waals surface area contributed by atoms with E-state index in [2.05, 4.69) is 52.9 Å². The summed E-state index contributed by atoms with van der Waals surface area (Å²) in [6.07, 6.45) is 1.88. The van der Waals surface area contributed by atoms with Gasteiger partial charge in [-0.3, -0.25) is 4.98 Å². The molecule has 3 aromatic carbocycles. The van der Waals surface area contributed by atoms with Gasteiger partial charge in [-0.05, 0) is 29.7 Å². The van der Waals surface area contributed by atoms with Gasteiger partial charge in [0.05, 0.1) is 26.8 Å². The maximum Gasteiger partial charge on any atom is 0.0822 e. The first-order valence-electron chi connectivity index (χ1n) is 8.85. The zero-order chi connectivity index (χ0) is 17.7. The second-order valence-electron chi connectivity index (χ2n) is 7.00. The van der Waals surface area contributed by atoms with Crippen molar-refractivity contribution in [3.05, 3.63) is 71.9 Å². The Morgan fingerprint density at radius 2 is 1.70 bits per heavy atom. The Kier molecular flexibility index (Phi) is 2.47. The van der Waals surface area contributed by atoms with E-state index in [1.54, 1.807) is 0 Å². The quantitative estimate of drug-likeness (QED) is 0.199. The molecule has 0 unspecified atom stereocenters. The first-order valence-corrected chi connectivity index (χ1v) is 10.0. The average molecular weight is 383 g/mol. The number of hydrogen-bond donors (Lipinski definition) is 0. The standard InChI is InChI=1S/C23H11ClN2S/c24-13-10-12-8-9-25-20-15-5-3-6-16-21(15)26(17(11-13)19(12)20)22-14-4-1-2-7-18(14)27-23(16)22/h1-11H. The predicted octanol–water partition coefficient (Wildman–Crippen LogP) is 7.25. The SMILES string of the molecule is Clc1cc2ccnc3c4cccc5c6sc7ccccc7c6n(c(c1)c23)c45. The number of pyridine rings is 2. The summed E-state index contributed by atoms with van der Waals surface area (Å²) in [6, 6.07) is 21.4. The van der Waals surface area contributed by atoms with Gasteiger partial charge in [-0.15, -0.1) is 11.3 Å². The fourth-order valence-electron chi connectivity index (χ4n) is 4.59. The van der Waals surface area contributed by atoms with E-state index in [1.807, 2.05) is 29.7 Å². The van der Waals surface area contributed by atoms with Gasteiger partial charge in [-0.1, -0.05) is 48.0 Å². The molecule has 0 aliphatic rings. The molecule has 0 bridgehead atoms. The molecule has 0 saturated heterocycles. The topological polar surface area (TPSA) is 17.3 Å². The molecule has 0 aliphatic heterocycles. The van der Waals surface area contributed by atoms with Crippen molar-refractivity contribution >= 4 is 81.3 Å². The molecule has 2 nitrogen and oxygen atoms in total. The average Bonchev–Trinajstić information content (AvgIpc) is 3.21. The van der Waals surface area contributed by atoms with E-state index in [4.69, 9.17) is 16.6 Å². The van der Waals surface area contributed by atoms with Gasteiger partial charge in [-0.25, -0.2) is 0 Å². The number of fused-ring (bicyclic) bond motifs is 7. The molecule has 4 aromatic heterocycles. The van der Waals surface area contributed by atoms with Crippen molar-refractivity contribution in [3.8, 4) is 0 Å². The van der Waals surface area contributed by atoms with Gasteiger partial charge < -0.3 is 4.40 Å². The van der Waals surface area contributed by atoms with Gasteiger partial charge >= 0.3 is 0 Å². The summed E-state index contributed by atoms with van der Waals surface area (Å²) < 4.78 is 5.05. The van der Waals surface area contributed by atoms with Crippen LogP contribution in [0.2, 0.25) is 5.02 Å². The Balaban J connectivity index is 1.98.